The molecule has 2 aromatic carbocycles. The number of hydrogen-bond donors (Lipinski definition) is 3. The molecule has 2 aromatic rings. The second kappa shape index (κ2) is 8.47. The Labute approximate surface area is 149 Å². The van der Waals surface area contributed by atoms with Crippen LogP contribution in [-0.2, 0) is 11.2 Å². The highest BCUT2D eigenvalue weighted by Crippen LogP contribution is 2.22. The number of halogens is 2. The molecule has 0 atom stereocenters. The summed E-state index contributed by atoms with van der Waals surface area (Å²) in [6.07, 6.45) is 0.0407. The fraction of sp³-hybridized carbons (Fsp3) is 0.125. The van der Waals surface area contributed by atoms with E-state index >= 15 is 0 Å². The van der Waals surface area contributed by atoms with Crippen LogP contribution < -0.4 is 20.9 Å². The molecule has 24 heavy (non-hydrogen) atoms. The topological polar surface area (TPSA) is 62.4 Å². The van der Waals surface area contributed by atoms with Gasteiger partial charge in [0.1, 0.15) is 11.6 Å². The van der Waals surface area contributed by atoms with Crippen molar-refractivity contribution < 1.29 is 13.9 Å². The van der Waals surface area contributed by atoms with Crippen molar-refractivity contribution >= 4 is 40.5 Å². The quantitative estimate of drug-likeness (QED) is 0.572. The zero-order valence-electron chi connectivity index (χ0n) is 12.7. The van der Waals surface area contributed by atoms with Crippen molar-refractivity contribution in [3.63, 3.8) is 0 Å². The van der Waals surface area contributed by atoms with Crippen molar-refractivity contribution in [2.45, 2.75) is 6.42 Å². The number of thiocarbonyl (C=S) groups is 1. The molecule has 0 unspecified atom stereocenters. The molecule has 5 nitrogen and oxygen atoms in total. The predicted octanol–water partition coefficient (Wildman–Crippen LogP) is 3.05. The lowest BCUT2D eigenvalue weighted by atomic mass is 10.1. The van der Waals surface area contributed by atoms with E-state index in [0.29, 0.717) is 16.3 Å². The van der Waals surface area contributed by atoms with Crippen LogP contribution in [0.3, 0.4) is 0 Å². The predicted molar refractivity (Wildman–Crippen MR) is 95.6 cm³/mol. The Kier molecular flexibility index (Phi) is 6.34. The average Bonchev–Trinajstić information content (AvgIpc) is 2.55. The summed E-state index contributed by atoms with van der Waals surface area (Å²) in [6.45, 7) is 0. The Morgan fingerprint density at radius 3 is 2.71 bits per heavy atom. The van der Waals surface area contributed by atoms with E-state index in [1.54, 1.807) is 30.3 Å². The Bertz CT molecular complexity index is 758. The number of methoxy groups -OCH3 is 1. The number of hydrogen-bond acceptors (Lipinski definition) is 3. The number of carbonyl (C=O) groups excluding carboxylic acids is 1. The molecule has 0 aliphatic heterocycles. The van der Waals surface area contributed by atoms with Gasteiger partial charge in [-0.25, -0.2) is 4.39 Å². The molecule has 0 fully saturated rings. The highest BCUT2D eigenvalue weighted by Gasteiger charge is 2.10. The number of para-hydroxylation sites is 1. The van der Waals surface area contributed by atoms with Crippen LogP contribution in [-0.4, -0.2) is 18.1 Å². The minimum Gasteiger partial charge on any atom is -0.496 e. The SMILES string of the molecule is COc1ccc(Cl)cc1CC(=O)NNC(=S)Nc1ccccc1F. The molecule has 0 radical (unpaired) electrons. The Morgan fingerprint density at radius 1 is 1.25 bits per heavy atom. The normalized spacial score (nSPS) is 9.96. The number of benzene rings is 2. The van der Waals surface area contributed by atoms with Gasteiger partial charge in [-0.1, -0.05) is 23.7 Å². The van der Waals surface area contributed by atoms with Crippen LogP contribution in [0.15, 0.2) is 42.5 Å². The van der Waals surface area contributed by atoms with Gasteiger partial charge in [0.25, 0.3) is 0 Å². The summed E-state index contributed by atoms with van der Waals surface area (Å²) in [5.74, 6) is -0.244. The number of rotatable bonds is 4. The van der Waals surface area contributed by atoms with Gasteiger partial charge in [0.05, 0.1) is 19.2 Å². The summed E-state index contributed by atoms with van der Waals surface area (Å²) < 4.78 is 18.7. The first-order valence-electron chi connectivity index (χ1n) is 6.92. The van der Waals surface area contributed by atoms with Gasteiger partial charge >= 0.3 is 0 Å². The van der Waals surface area contributed by atoms with E-state index in [1.165, 1.54) is 19.2 Å². The number of ether oxygens (including phenoxy) is 1. The van der Waals surface area contributed by atoms with Crippen LogP contribution in [0.25, 0.3) is 0 Å². The van der Waals surface area contributed by atoms with E-state index < -0.39 is 5.82 Å². The highest BCUT2D eigenvalue weighted by molar-refractivity contribution is 7.80. The molecule has 3 N–H and O–H groups in total. The number of anilines is 1. The van der Waals surface area contributed by atoms with Gasteiger partial charge in [-0.05, 0) is 42.5 Å². The molecule has 0 aliphatic carbocycles. The summed E-state index contributed by atoms with van der Waals surface area (Å²) in [4.78, 5) is 12.0. The van der Waals surface area contributed by atoms with Crippen molar-refractivity contribution in [3.05, 3.63) is 58.9 Å². The molecule has 1 amide bonds. The van der Waals surface area contributed by atoms with Crippen LogP contribution >= 0.6 is 23.8 Å². The van der Waals surface area contributed by atoms with E-state index in [4.69, 9.17) is 28.6 Å². The lowest BCUT2D eigenvalue weighted by Gasteiger charge is -2.13. The first-order valence-corrected chi connectivity index (χ1v) is 7.71. The molecule has 8 heteroatoms. The van der Waals surface area contributed by atoms with E-state index in [-0.39, 0.29) is 23.1 Å². The molecular formula is C16H15ClFN3O2S. The van der Waals surface area contributed by atoms with Gasteiger partial charge < -0.3 is 10.1 Å². The van der Waals surface area contributed by atoms with Crippen LogP contribution in [0.4, 0.5) is 10.1 Å². The molecule has 0 heterocycles. The van der Waals surface area contributed by atoms with Crippen LogP contribution in [0.2, 0.25) is 5.02 Å². The Hall–Kier alpha value is -2.38. The van der Waals surface area contributed by atoms with Gasteiger partial charge in [0.15, 0.2) is 5.11 Å². The van der Waals surface area contributed by atoms with Crippen LogP contribution in [0.5, 0.6) is 5.75 Å². The summed E-state index contributed by atoms with van der Waals surface area (Å²) >= 11 is 10.9. The van der Waals surface area contributed by atoms with E-state index in [1.807, 2.05) is 0 Å². The highest BCUT2D eigenvalue weighted by atomic mass is 35.5. The molecule has 0 bridgehead atoms. The lowest BCUT2D eigenvalue weighted by Crippen LogP contribution is -2.44. The Balaban J connectivity index is 1.88. The van der Waals surface area contributed by atoms with Crippen molar-refractivity contribution in [1.82, 2.24) is 10.9 Å². The summed E-state index contributed by atoms with van der Waals surface area (Å²) in [5.41, 5.74) is 5.78. The molecule has 0 spiro atoms. The van der Waals surface area contributed by atoms with Crippen LogP contribution in [0.1, 0.15) is 5.56 Å². The molecule has 0 aliphatic rings. The van der Waals surface area contributed by atoms with Crippen molar-refractivity contribution in [1.29, 1.82) is 0 Å². The molecular weight excluding hydrogens is 353 g/mol. The smallest absolute Gasteiger partial charge is 0.242 e. The second-order valence-electron chi connectivity index (χ2n) is 4.74. The van der Waals surface area contributed by atoms with Crippen molar-refractivity contribution in [2.24, 2.45) is 0 Å². The van der Waals surface area contributed by atoms with Gasteiger partial charge in [-0.2, -0.15) is 0 Å². The summed E-state index contributed by atoms with van der Waals surface area (Å²) in [6, 6.07) is 11.1. The number of carbonyl (C=O) groups is 1. The van der Waals surface area contributed by atoms with Crippen molar-refractivity contribution in [2.75, 3.05) is 12.4 Å². The van der Waals surface area contributed by atoms with Gasteiger partial charge in [-0.15, -0.1) is 0 Å². The first-order chi connectivity index (χ1) is 11.5. The largest absolute Gasteiger partial charge is 0.496 e. The van der Waals surface area contributed by atoms with E-state index in [2.05, 4.69) is 16.2 Å². The summed E-state index contributed by atoms with van der Waals surface area (Å²) in [7, 11) is 1.51. The van der Waals surface area contributed by atoms with Gasteiger partial charge in [-0.3, -0.25) is 15.6 Å². The Morgan fingerprint density at radius 2 is 2.00 bits per heavy atom. The maximum Gasteiger partial charge on any atom is 0.242 e. The minimum absolute atomic E-state index is 0.0407. The zero-order chi connectivity index (χ0) is 17.5. The minimum atomic E-state index is -0.448. The first kappa shape index (κ1) is 18.0. The third-order valence-corrected chi connectivity index (χ3v) is 3.47. The zero-order valence-corrected chi connectivity index (χ0v) is 14.3. The van der Waals surface area contributed by atoms with Gasteiger partial charge in [0.2, 0.25) is 5.91 Å². The molecule has 126 valence electrons. The fourth-order valence-corrected chi connectivity index (χ4v) is 2.30. The molecule has 2 rings (SSSR count). The molecule has 0 saturated carbocycles. The monoisotopic (exact) mass is 367 g/mol. The average molecular weight is 368 g/mol. The fourth-order valence-electron chi connectivity index (χ4n) is 1.95. The number of nitrogens with one attached hydrogen (secondary N) is 3. The maximum atomic E-state index is 13.5. The molecule has 0 saturated heterocycles. The summed E-state index contributed by atoms with van der Waals surface area (Å²) in [5, 5.41) is 3.21. The lowest BCUT2D eigenvalue weighted by molar-refractivity contribution is -0.121. The van der Waals surface area contributed by atoms with Gasteiger partial charge in [0, 0.05) is 10.6 Å². The number of amides is 1. The molecule has 0 aromatic heterocycles. The standard InChI is InChI=1S/C16H15ClFN3O2S/c1-23-14-7-6-11(17)8-10(14)9-15(22)20-21-16(24)19-13-5-3-2-4-12(13)18/h2-8H,9H2,1H3,(H,20,22)(H2,19,21,24). The third-order valence-electron chi connectivity index (χ3n) is 3.03. The maximum absolute atomic E-state index is 13.5. The second-order valence-corrected chi connectivity index (χ2v) is 5.58. The van der Waals surface area contributed by atoms with Crippen molar-refractivity contribution in [3.8, 4) is 5.75 Å². The third kappa shape index (κ3) is 5.07. The van der Waals surface area contributed by atoms with E-state index in [9.17, 15) is 9.18 Å². The van der Waals surface area contributed by atoms with E-state index in [0.717, 1.165) is 0 Å². The van der Waals surface area contributed by atoms with Crippen LogP contribution in [0, 0.1) is 5.82 Å². The number of hydrazine groups is 1.